The molecule has 3 heterocycles. The fraction of sp³-hybridized carbons (Fsp3) is 0.533. The molecule has 2 fully saturated rings. The number of hydrogen-bond acceptors (Lipinski definition) is 6. The molecule has 24 heavy (non-hydrogen) atoms. The van der Waals surface area contributed by atoms with E-state index in [1.165, 1.54) is 11.3 Å². The molecule has 1 saturated heterocycles. The summed E-state index contributed by atoms with van der Waals surface area (Å²) in [6.07, 6.45) is 9.14. The highest BCUT2D eigenvalue weighted by Gasteiger charge is 2.34. The number of nitrogens with zero attached hydrogens (tertiary/aromatic N) is 4. The first-order valence-corrected chi connectivity index (χ1v) is 9.59. The molecule has 1 saturated carbocycles. The van der Waals surface area contributed by atoms with E-state index in [0.29, 0.717) is 15.0 Å². The maximum Gasteiger partial charge on any atom is 0.356 e. The van der Waals surface area contributed by atoms with Gasteiger partial charge in [0.05, 0.1) is 18.1 Å². The normalized spacial score (nSPS) is 21.0. The van der Waals surface area contributed by atoms with Gasteiger partial charge in [-0.1, -0.05) is 11.3 Å². The Balaban J connectivity index is 1.63. The third kappa shape index (κ3) is 3.07. The van der Waals surface area contributed by atoms with Crippen LogP contribution in [-0.4, -0.2) is 38.5 Å². The topological polar surface area (TPSA) is 80.5 Å². The van der Waals surface area contributed by atoms with E-state index >= 15 is 0 Å². The number of anilines is 2. The van der Waals surface area contributed by atoms with Gasteiger partial charge >= 0.3 is 5.97 Å². The highest BCUT2D eigenvalue weighted by Crippen LogP contribution is 2.42. The van der Waals surface area contributed by atoms with Crippen LogP contribution in [0.1, 0.15) is 48.8 Å². The summed E-state index contributed by atoms with van der Waals surface area (Å²) in [6, 6.07) is 0.356. The molecular weight excluding hydrogens is 396 g/mol. The van der Waals surface area contributed by atoms with E-state index in [-0.39, 0.29) is 11.9 Å². The number of halogens is 1. The van der Waals surface area contributed by atoms with Gasteiger partial charge in [0, 0.05) is 12.6 Å². The van der Waals surface area contributed by atoms with Crippen molar-refractivity contribution in [2.75, 3.05) is 11.5 Å². The number of hydrogen-bond donors (Lipinski definition) is 1. The maximum absolute atomic E-state index is 11.3. The van der Waals surface area contributed by atoms with Gasteiger partial charge in [-0.15, -0.1) is 0 Å². The molecule has 2 aliphatic rings. The molecule has 1 N–H and O–H groups in total. The van der Waals surface area contributed by atoms with E-state index in [1.807, 2.05) is 17.1 Å². The van der Waals surface area contributed by atoms with E-state index in [1.54, 1.807) is 0 Å². The average molecular weight is 413 g/mol. The van der Waals surface area contributed by atoms with Crippen molar-refractivity contribution >= 4 is 44.1 Å². The van der Waals surface area contributed by atoms with E-state index < -0.39 is 5.97 Å². The van der Waals surface area contributed by atoms with Crippen LogP contribution in [0.2, 0.25) is 0 Å². The summed E-state index contributed by atoms with van der Waals surface area (Å²) in [5.74, 6) is -1.02. The van der Waals surface area contributed by atoms with Gasteiger partial charge in [-0.2, -0.15) is 5.10 Å². The van der Waals surface area contributed by atoms with Gasteiger partial charge in [0.15, 0.2) is 10.8 Å². The predicted molar refractivity (Wildman–Crippen MR) is 93.0 cm³/mol. The molecule has 0 spiro atoms. The van der Waals surface area contributed by atoms with Gasteiger partial charge in [-0.25, -0.2) is 14.5 Å². The number of aromatic carboxylic acids is 1. The van der Waals surface area contributed by atoms with Crippen LogP contribution in [0.25, 0.3) is 0 Å². The third-order valence-corrected chi connectivity index (χ3v) is 5.92. The number of carboxylic acid groups (broad SMARTS) is 1. The van der Waals surface area contributed by atoms with Crippen LogP contribution >= 0.6 is 27.3 Å². The Labute approximate surface area is 151 Å². The summed E-state index contributed by atoms with van der Waals surface area (Å²) in [5.41, 5.74) is 0.994. The molecular formula is C15H17BrN4O3S. The van der Waals surface area contributed by atoms with Crippen molar-refractivity contribution in [1.82, 2.24) is 14.8 Å². The van der Waals surface area contributed by atoms with Crippen LogP contribution in [0.15, 0.2) is 16.2 Å². The number of carbonyl (C=O) groups is 1. The summed E-state index contributed by atoms with van der Waals surface area (Å²) in [4.78, 5) is 17.6. The molecule has 1 unspecified atom stereocenters. The van der Waals surface area contributed by atoms with Crippen molar-refractivity contribution in [3.8, 4) is 0 Å². The van der Waals surface area contributed by atoms with Crippen LogP contribution in [-0.2, 0) is 4.74 Å². The van der Waals surface area contributed by atoms with Gasteiger partial charge in [-0.3, -0.25) is 0 Å². The van der Waals surface area contributed by atoms with Crippen molar-refractivity contribution in [3.05, 3.63) is 21.9 Å². The SMILES string of the molecule is O=C(O)c1nc(N(c2cnn(C3CCCCO3)c2)C2CC2)sc1Br. The lowest BCUT2D eigenvalue weighted by molar-refractivity contribution is -0.0394. The van der Waals surface area contributed by atoms with Crippen LogP contribution in [0.3, 0.4) is 0 Å². The summed E-state index contributed by atoms with van der Waals surface area (Å²) >= 11 is 4.64. The Kier molecular flexibility index (Phi) is 4.31. The van der Waals surface area contributed by atoms with Crippen LogP contribution in [0.5, 0.6) is 0 Å². The smallest absolute Gasteiger partial charge is 0.356 e. The Morgan fingerprint density at radius 3 is 2.88 bits per heavy atom. The van der Waals surface area contributed by atoms with Crippen molar-refractivity contribution in [1.29, 1.82) is 0 Å². The minimum absolute atomic E-state index is 0.00818. The largest absolute Gasteiger partial charge is 0.476 e. The second kappa shape index (κ2) is 6.45. The van der Waals surface area contributed by atoms with Crippen LogP contribution < -0.4 is 4.90 Å². The molecule has 1 aliphatic carbocycles. The molecule has 9 heteroatoms. The van der Waals surface area contributed by atoms with Gasteiger partial charge in [-0.05, 0) is 48.0 Å². The molecule has 2 aromatic rings. The quantitative estimate of drug-likeness (QED) is 0.803. The lowest BCUT2D eigenvalue weighted by atomic mass is 10.2. The van der Waals surface area contributed by atoms with E-state index in [0.717, 1.165) is 44.4 Å². The van der Waals surface area contributed by atoms with Crippen molar-refractivity contribution in [2.45, 2.75) is 44.4 Å². The van der Waals surface area contributed by atoms with E-state index in [4.69, 9.17) is 4.74 Å². The zero-order valence-electron chi connectivity index (χ0n) is 12.9. The summed E-state index contributed by atoms with van der Waals surface area (Å²) in [5, 5.41) is 14.4. The standard InChI is InChI=1S/C15H17BrN4O3S/c16-13-12(14(21)22)18-15(24-13)20(9-4-5-9)10-7-17-19(8-10)11-3-1-2-6-23-11/h7-9,11H,1-6H2,(H,21,22). The Hall–Kier alpha value is -1.45. The number of thiazole rings is 1. The molecule has 1 aliphatic heterocycles. The first-order valence-electron chi connectivity index (χ1n) is 7.98. The zero-order valence-corrected chi connectivity index (χ0v) is 15.3. The van der Waals surface area contributed by atoms with E-state index in [9.17, 15) is 9.90 Å². The van der Waals surface area contributed by atoms with Crippen molar-refractivity contribution < 1.29 is 14.6 Å². The van der Waals surface area contributed by atoms with Crippen molar-refractivity contribution in [2.24, 2.45) is 0 Å². The molecule has 7 nitrogen and oxygen atoms in total. The van der Waals surface area contributed by atoms with Crippen molar-refractivity contribution in [3.63, 3.8) is 0 Å². The number of ether oxygens (including phenoxy) is 1. The monoisotopic (exact) mass is 412 g/mol. The Morgan fingerprint density at radius 2 is 2.25 bits per heavy atom. The van der Waals surface area contributed by atoms with Crippen LogP contribution in [0.4, 0.5) is 10.8 Å². The zero-order chi connectivity index (χ0) is 16.7. The fourth-order valence-corrected chi connectivity index (χ4v) is 4.45. The molecule has 0 radical (unpaired) electrons. The molecule has 0 amide bonds. The summed E-state index contributed by atoms with van der Waals surface area (Å²) in [6.45, 7) is 0.771. The fourth-order valence-electron chi connectivity index (χ4n) is 2.88. The minimum atomic E-state index is -1.02. The van der Waals surface area contributed by atoms with E-state index in [2.05, 4.69) is 30.9 Å². The molecule has 0 bridgehead atoms. The Morgan fingerprint density at radius 1 is 1.42 bits per heavy atom. The third-order valence-electron chi connectivity index (χ3n) is 4.21. The predicted octanol–water partition coefficient (Wildman–Crippen LogP) is 3.80. The average Bonchev–Trinajstić information content (AvgIpc) is 3.14. The van der Waals surface area contributed by atoms with Gasteiger partial charge in [0.1, 0.15) is 10.0 Å². The van der Waals surface area contributed by atoms with Gasteiger partial charge in [0.2, 0.25) is 0 Å². The minimum Gasteiger partial charge on any atom is -0.476 e. The van der Waals surface area contributed by atoms with Gasteiger partial charge < -0.3 is 14.7 Å². The molecule has 2 aromatic heterocycles. The summed E-state index contributed by atoms with van der Waals surface area (Å²) < 4.78 is 8.18. The lowest BCUT2D eigenvalue weighted by Crippen LogP contribution is -2.20. The maximum atomic E-state index is 11.3. The highest BCUT2D eigenvalue weighted by atomic mass is 79.9. The highest BCUT2D eigenvalue weighted by molar-refractivity contribution is 9.11. The second-order valence-corrected chi connectivity index (χ2v) is 8.32. The second-order valence-electron chi connectivity index (χ2n) is 6.02. The molecule has 4 rings (SSSR count). The number of rotatable bonds is 5. The number of aromatic nitrogens is 3. The van der Waals surface area contributed by atoms with Crippen LogP contribution in [0, 0.1) is 0 Å². The molecule has 0 aromatic carbocycles. The van der Waals surface area contributed by atoms with Gasteiger partial charge in [0.25, 0.3) is 0 Å². The first-order chi connectivity index (χ1) is 11.6. The molecule has 1 atom stereocenters. The summed E-state index contributed by atoms with van der Waals surface area (Å²) in [7, 11) is 0. The molecule has 128 valence electrons. The first kappa shape index (κ1) is 16.0. The Bertz CT molecular complexity index is 752. The number of carboxylic acids is 1. The lowest BCUT2D eigenvalue weighted by Gasteiger charge is -2.23.